The summed E-state index contributed by atoms with van der Waals surface area (Å²) >= 11 is 0. The first-order valence-corrected chi connectivity index (χ1v) is 5.22. The Morgan fingerprint density at radius 3 is 2.21 bits per heavy atom. The van der Waals surface area contributed by atoms with E-state index in [0.29, 0.717) is 12.5 Å². The second kappa shape index (κ2) is 12.4. The molecule has 2 heteroatoms. The zero-order valence-corrected chi connectivity index (χ0v) is 9.92. The Balaban J connectivity index is 0. The number of rotatable bonds is 5. The van der Waals surface area contributed by atoms with Gasteiger partial charge in [-0.25, -0.2) is 0 Å². The van der Waals surface area contributed by atoms with Gasteiger partial charge in [0.25, 0.3) is 0 Å². The monoisotopic (exact) mass is 200 g/mol. The summed E-state index contributed by atoms with van der Waals surface area (Å²) in [6.07, 6.45) is 6.31. The minimum atomic E-state index is 0.329. The molecule has 0 aliphatic carbocycles. The molecular formula is C12H24O2. The molecule has 2 nitrogen and oxygen atoms in total. The van der Waals surface area contributed by atoms with E-state index in [1.807, 2.05) is 0 Å². The van der Waals surface area contributed by atoms with Gasteiger partial charge in [0.05, 0.1) is 0 Å². The summed E-state index contributed by atoms with van der Waals surface area (Å²) < 4.78 is 0. The summed E-state index contributed by atoms with van der Waals surface area (Å²) in [4.78, 5) is 8.81. The number of hydrogen-bond donors (Lipinski definition) is 1. The highest BCUT2D eigenvalue weighted by Crippen LogP contribution is 2.10. The van der Waals surface area contributed by atoms with E-state index >= 15 is 0 Å². The number of carbonyl (C=O) groups excluding carboxylic acids is 1. The third-order valence-electron chi connectivity index (χ3n) is 1.83. The highest BCUT2D eigenvalue weighted by molar-refractivity contribution is 5.44. The predicted octanol–water partition coefficient (Wildman–Crippen LogP) is 2.96. The zero-order chi connectivity index (χ0) is 11.4. The molecule has 1 unspecified atom stereocenters. The average molecular weight is 200 g/mol. The van der Waals surface area contributed by atoms with Crippen molar-refractivity contribution in [3.63, 3.8) is 0 Å². The third kappa shape index (κ3) is 17.5. The van der Waals surface area contributed by atoms with Crippen LogP contribution in [0.2, 0.25) is 0 Å². The van der Waals surface area contributed by atoms with Crippen LogP contribution in [0.25, 0.3) is 0 Å². The highest BCUT2D eigenvalue weighted by Gasteiger charge is 1.98. The minimum absolute atomic E-state index is 0.329. The molecule has 0 aliphatic heterocycles. The fourth-order valence-corrected chi connectivity index (χ4v) is 1.02. The van der Waals surface area contributed by atoms with Crippen LogP contribution in [0, 0.1) is 5.92 Å². The first-order valence-electron chi connectivity index (χ1n) is 5.22. The van der Waals surface area contributed by atoms with Gasteiger partial charge >= 0.3 is 0 Å². The topological polar surface area (TPSA) is 37.3 Å². The molecule has 0 fully saturated rings. The maximum atomic E-state index is 8.81. The Labute approximate surface area is 88.0 Å². The third-order valence-corrected chi connectivity index (χ3v) is 1.83. The van der Waals surface area contributed by atoms with E-state index in [9.17, 15) is 0 Å². The van der Waals surface area contributed by atoms with Crippen molar-refractivity contribution in [1.82, 2.24) is 0 Å². The lowest BCUT2D eigenvalue weighted by Gasteiger charge is -2.06. The van der Waals surface area contributed by atoms with Crippen LogP contribution in [-0.4, -0.2) is 18.0 Å². The quantitative estimate of drug-likeness (QED) is 0.547. The van der Waals surface area contributed by atoms with Crippen LogP contribution in [-0.2, 0) is 4.79 Å². The molecule has 0 heterocycles. The smallest absolute Gasteiger partial charge is 0.116 e. The van der Waals surface area contributed by atoms with Crippen LogP contribution >= 0.6 is 0 Å². The summed E-state index contributed by atoms with van der Waals surface area (Å²) in [5.74, 6) is 0.663. The number of carbonyl (C=O) groups is 1. The molecule has 0 aliphatic rings. The maximum Gasteiger partial charge on any atom is 0.116 e. The second-order valence-corrected chi connectivity index (χ2v) is 3.71. The summed E-state index contributed by atoms with van der Waals surface area (Å²) in [7, 11) is 0. The lowest BCUT2D eigenvalue weighted by Crippen LogP contribution is -1.96. The first-order chi connectivity index (χ1) is 6.58. The molecule has 0 aromatic carbocycles. The van der Waals surface area contributed by atoms with E-state index in [0.717, 1.165) is 19.1 Å². The molecule has 84 valence electrons. The Morgan fingerprint density at radius 1 is 1.36 bits per heavy atom. The number of aliphatic hydroxyl groups excluding tert-OH is 1. The molecule has 0 saturated heterocycles. The first kappa shape index (κ1) is 15.8. The van der Waals surface area contributed by atoms with Crippen molar-refractivity contribution in [2.24, 2.45) is 5.92 Å². The van der Waals surface area contributed by atoms with Gasteiger partial charge in [0.15, 0.2) is 0 Å². The van der Waals surface area contributed by atoms with E-state index in [-0.39, 0.29) is 0 Å². The van der Waals surface area contributed by atoms with Gasteiger partial charge in [-0.2, -0.15) is 0 Å². The van der Waals surface area contributed by atoms with E-state index in [2.05, 4.69) is 26.8 Å². The molecule has 14 heavy (non-hydrogen) atoms. The van der Waals surface area contributed by atoms with Crippen molar-refractivity contribution in [3.8, 4) is 0 Å². The van der Waals surface area contributed by atoms with E-state index in [1.165, 1.54) is 18.9 Å². The molecule has 0 rings (SSSR count). The van der Waals surface area contributed by atoms with Crippen molar-refractivity contribution in [3.05, 3.63) is 11.6 Å². The molecule has 0 saturated carbocycles. The average Bonchev–Trinajstić information content (AvgIpc) is 2.05. The largest absolute Gasteiger partial charge is 0.396 e. The predicted molar refractivity (Wildman–Crippen MR) is 61.3 cm³/mol. The molecule has 0 bridgehead atoms. The molecule has 1 atom stereocenters. The Bertz CT molecular complexity index is 146. The van der Waals surface area contributed by atoms with Crippen LogP contribution in [0.3, 0.4) is 0 Å². The zero-order valence-electron chi connectivity index (χ0n) is 9.92. The van der Waals surface area contributed by atoms with Crippen LogP contribution in [0.4, 0.5) is 0 Å². The summed E-state index contributed by atoms with van der Waals surface area (Å²) in [5, 5.41) is 8.63. The molecule has 0 aromatic rings. The van der Waals surface area contributed by atoms with Gasteiger partial charge in [-0.05, 0) is 46.0 Å². The van der Waals surface area contributed by atoms with Gasteiger partial charge < -0.3 is 9.90 Å². The van der Waals surface area contributed by atoms with Gasteiger partial charge in [0.1, 0.15) is 6.29 Å². The van der Waals surface area contributed by atoms with E-state index in [1.54, 1.807) is 0 Å². The maximum absolute atomic E-state index is 8.81. The molecule has 0 radical (unpaired) electrons. The Hall–Kier alpha value is -0.630. The van der Waals surface area contributed by atoms with Crippen LogP contribution in [0.5, 0.6) is 0 Å². The number of allylic oxidation sites excluding steroid dienone is 2. The Morgan fingerprint density at radius 2 is 1.86 bits per heavy atom. The lowest BCUT2D eigenvalue weighted by atomic mass is 10.0. The normalized spacial score (nSPS) is 10.9. The van der Waals surface area contributed by atoms with Crippen LogP contribution < -0.4 is 0 Å². The second-order valence-electron chi connectivity index (χ2n) is 3.71. The molecular weight excluding hydrogens is 176 g/mol. The van der Waals surface area contributed by atoms with Gasteiger partial charge in [-0.3, -0.25) is 0 Å². The molecule has 1 N–H and O–H groups in total. The van der Waals surface area contributed by atoms with Gasteiger partial charge in [0, 0.05) is 6.61 Å². The van der Waals surface area contributed by atoms with Gasteiger partial charge in [-0.1, -0.05) is 18.6 Å². The van der Waals surface area contributed by atoms with Gasteiger partial charge in [0.2, 0.25) is 0 Å². The van der Waals surface area contributed by atoms with Crippen molar-refractivity contribution in [2.45, 2.75) is 47.0 Å². The number of aldehydes is 1. The van der Waals surface area contributed by atoms with Crippen LogP contribution in [0.1, 0.15) is 47.0 Å². The van der Waals surface area contributed by atoms with Crippen molar-refractivity contribution in [1.29, 1.82) is 0 Å². The van der Waals surface area contributed by atoms with E-state index < -0.39 is 0 Å². The molecule has 0 amide bonds. The summed E-state index contributed by atoms with van der Waals surface area (Å²) in [6.45, 7) is 8.21. The van der Waals surface area contributed by atoms with Gasteiger partial charge in [-0.15, -0.1) is 0 Å². The summed E-state index contributed by atoms with van der Waals surface area (Å²) in [5.41, 5.74) is 1.39. The SMILES string of the molecule is CC(C)=CCCC(C)CCO.CC=O. The van der Waals surface area contributed by atoms with Crippen molar-refractivity contribution < 1.29 is 9.90 Å². The Kier molecular flexibility index (Phi) is 14.0. The fourth-order valence-electron chi connectivity index (χ4n) is 1.02. The summed E-state index contributed by atoms with van der Waals surface area (Å²) in [6, 6.07) is 0. The molecule has 0 aromatic heterocycles. The lowest BCUT2D eigenvalue weighted by molar-refractivity contribution is -0.106. The number of aliphatic hydroxyl groups is 1. The fraction of sp³-hybridized carbons (Fsp3) is 0.750. The van der Waals surface area contributed by atoms with Crippen molar-refractivity contribution >= 4 is 6.29 Å². The molecule has 0 spiro atoms. The van der Waals surface area contributed by atoms with E-state index in [4.69, 9.17) is 9.90 Å². The van der Waals surface area contributed by atoms with Crippen molar-refractivity contribution in [2.75, 3.05) is 6.61 Å². The highest BCUT2D eigenvalue weighted by atomic mass is 16.3. The number of hydrogen-bond acceptors (Lipinski definition) is 2. The minimum Gasteiger partial charge on any atom is -0.396 e. The standard InChI is InChI=1S/C10H20O.C2H4O/c1-9(2)5-4-6-10(3)7-8-11;1-2-3/h5,10-11H,4,6-8H2,1-3H3;2H,1H3. The van der Waals surface area contributed by atoms with Crippen LogP contribution in [0.15, 0.2) is 11.6 Å².